The van der Waals surface area contributed by atoms with E-state index in [4.69, 9.17) is 4.74 Å². The Morgan fingerprint density at radius 3 is 2.70 bits per heavy atom. The summed E-state index contributed by atoms with van der Waals surface area (Å²) in [7, 11) is 1.74. The number of nitrogens with one attached hydrogen (secondary N) is 1. The van der Waals surface area contributed by atoms with Crippen molar-refractivity contribution in [3.05, 3.63) is 24.3 Å². The first-order valence-corrected chi connectivity index (χ1v) is 8.77. The van der Waals surface area contributed by atoms with Gasteiger partial charge >= 0.3 is 0 Å². The lowest BCUT2D eigenvalue weighted by Gasteiger charge is -2.27. The molecule has 0 amide bonds. The molecule has 0 atom stereocenters. The summed E-state index contributed by atoms with van der Waals surface area (Å²) in [5.74, 6) is 3.08. The van der Waals surface area contributed by atoms with Crippen LogP contribution >= 0.6 is 11.8 Å². The second-order valence-corrected chi connectivity index (χ2v) is 6.90. The Morgan fingerprint density at radius 1 is 1.20 bits per heavy atom. The summed E-state index contributed by atoms with van der Waals surface area (Å²) in [6.07, 6.45) is 6.73. The van der Waals surface area contributed by atoms with Crippen LogP contribution in [0.1, 0.15) is 39.0 Å². The van der Waals surface area contributed by atoms with Crippen molar-refractivity contribution in [1.82, 2.24) is 5.32 Å². The molecule has 1 aliphatic carbocycles. The van der Waals surface area contributed by atoms with E-state index < -0.39 is 0 Å². The van der Waals surface area contributed by atoms with Crippen LogP contribution in [0.2, 0.25) is 0 Å². The van der Waals surface area contributed by atoms with Gasteiger partial charge in [-0.3, -0.25) is 0 Å². The smallest absolute Gasteiger partial charge is 0.132 e. The molecule has 0 aliphatic heterocycles. The van der Waals surface area contributed by atoms with Crippen molar-refractivity contribution in [2.75, 3.05) is 19.4 Å². The van der Waals surface area contributed by atoms with Gasteiger partial charge in [-0.15, -0.1) is 11.8 Å². The molecule has 0 radical (unpaired) electrons. The lowest BCUT2D eigenvalue weighted by Crippen LogP contribution is -2.33. The normalized spacial score (nSPS) is 22.7. The summed E-state index contributed by atoms with van der Waals surface area (Å²) in [4.78, 5) is 1.25. The molecule has 0 saturated heterocycles. The third-order valence-corrected chi connectivity index (χ3v) is 5.24. The topological polar surface area (TPSA) is 21.3 Å². The van der Waals surface area contributed by atoms with Crippen molar-refractivity contribution in [1.29, 1.82) is 0 Å². The van der Waals surface area contributed by atoms with E-state index in [1.54, 1.807) is 7.11 Å². The highest BCUT2D eigenvalue weighted by Gasteiger charge is 2.16. The average molecular weight is 293 g/mol. The molecular weight excluding hydrogens is 266 g/mol. The summed E-state index contributed by atoms with van der Waals surface area (Å²) in [6.45, 7) is 3.52. The lowest BCUT2D eigenvalue weighted by atomic mass is 9.87. The van der Waals surface area contributed by atoms with Gasteiger partial charge < -0.3 is 10.1 Å². The Kier molecular flexibility index (Phi) is 6.74. The van der Waals surface area contributed by atoms with Gasteiger partial charge in [0, 0.05) is 10.9 Å². The molecule has 1 aromatic rings. The minimum Gasteiger partial charge on any atom is -0.496 e. The highest BCUT2D eigenvalue weighted by atomic mass is 32.2. The molecule has 0 bridgehead atoms. The van der Waals surface area contributed by atoms with Crippen LogP contribution in [0, 0.1) is 5.92 Å². The molecule has 1 aromatic carbocycles. The molecule has 1 saturated carbocycles. The number of hydrogen-bond donors (Lipinski definition) is 1. The molecule has 112 valence electrons. The van der Waals surface area contributed by atoms with Crippen molar-refractivity contribution in [3.8, 4) is 5.75 Å². The fraction of sp³-hybridized carbons (Fsp3) is 0.647. The van der Waals surface area contributed by atoms with Crippen LogP contribution in [0.5, 0.6) is 5.75 Å². The van der Waals surface area contributed by atoms with E-state index in [1.165, 1.54) is 37.0 Å². The van der Waals surface area contributed by atoms with Gasteiger partial charge in [0.1, 0.15) is 5.75 Å². The molecular formula is C17H27NOS. The number of benzene rings is 1. The quantitative estimate of drug-likeness (QED) is 0.596. The second kappa shape index (κ2) is 8.58. The molecule has 1 aliphatic rings. The highest BCUT2D eigenvalue weighted by Crippen LogP contribution is 2.29. The third-order valence-electron chi connectivity index (χ3n) is 4.10. The Balaban J connectivity index is 1.59. The van der Waals surface area contributed by atoms with Gasteiger partial charge in [-0.1, -0.05) is 19.1 Å². The van der Waals surface area contributed by atoms with Gasteiger partial charge in [-0.25, -0.2) is 0 Å². The third kappa shape index (κ3) is 5.02. The van der Waals surface area contributed by atoms with E-state index in [-0.39, 0.29) is 0 Å². The predicted molar refractivity (Wildman–Crippen MR) is 87.8 cm³/mol. The summed E-state index contributed by atoms with van der Waals surface area (Å²) >= 11 is 1.89. The van der Waals surface area contributed by atoms with Gasteiger partial charge in [-0.05, 0) is 62.5 Å². The number of para-hydroxylation sites is 1. The van der Waals surface area contributed by atoms with E-state index >= 15 is 0 Å². The summed E-state index contributed by atoms with van der Waals surface area (Å²) in [5.41, 5.74) is 0. The summed E-state index contributed by atoms with van der Waals surface area (Å²) in [6, 6.07) is 9.03. The van der Waals surface area contributed by atoms with Crippen molar-refractivity contribution in [2.24, 2.45) is 5.92 Å². The zero-order valence-corrected chi connectivity index (χ0v) is 13.5. The second-order valence-electron chi connectivity index (χ2n) is 5.76. The zero-order chi connectivity index (χ0) is 14.2. The van der Waals surface area contributed by atoms with Crippen molar-refractivity contribution in [2.45, 2.75) is 50.0 Å². The lowest BCUT2D eigenvalue weighted by molar-refractivity contribution is 0.308. The average Bonchev–Trinajstić information content (AvgIpc) is 2.49. The van der Waals surface area contributed by atoms with Gasteiger partial charge in [0.25, 0.3) is 0 Å². The van der Waals surface area contributed by atoms with Gasteiger partial charge in [-0.2, -0.15) is 0 Å². The molecule has 3 heteroatoms. The molecule has 2 rings (SSSR count). The molecule has 1 fully saturated rings. The standard InChI is InChI=1S/C17H27NOS/c1-14-8-10-15(11-9-14)18-12-5-13-20-17-7-4-3-6-16(17)19-2/h3-4,6-7,14-15,18H,5,8-13H2,1-2H3/t14-,15-. The molecule has 0 heterocycles. The molecule has 1 N–H and O–H groups in total. The summed E-state index contributed by atoms with van der Waals surface area (Å²) in [5, 5.41) is 3.71. The molecule has 0 spiro atoms. The Morgan fingerprint density at radius 2 is 1.95 bits per heavy atom. The molecule has 0 aromatic heterocycles. The van der Waals surface area contributed by atoms with Gasteiger partial charge in [0.2, 0.25) is 0 Å². The van der Waals surface area contributed by atoms with Crippen LogP contribution in [-0.2, 0) is 0 Å². The minimum absolute atomic E-state index is 0.766. The van der Waals surface area contributed by atoms with E-state index in [1.807, 2.05) is 23.9 Å². The maximum Gasteiger partial charge on any atom is 0.132 e. The van der Waals surface area contributed by atoms with E-state index in [0.717, 1.165) is 30.0 Å². The van der Waals surface area contributed by atoms with E-state index in [0.29, 0.717) is 0 Å². The van der Waals surface area contributed by atoms with Crippen molar-refractivity contribution in [3.63, 3.8) is 0 Å². The fourth-order valence-corrected chi connectivity index (χ4v) is 3.74. The van der Waals surface area contributed by atoms with Crippen LogP contribution < -0.4 is 10.1 Å². The van der Waals surface area contributed by atoms with Crippen LogP contribution in [0.3, 0.4) is 0 Å². The fourth-order valence-electron chi connectivity index (χ4n) is 2.76. The monoisotopic (exact) mass is 293 g/mol. The summed E-state index contributed by atoms with van der Waals surface area (Å²) < 4.78 is 5.37. The highest BCUT2D eigenvalue weighted by molar-refractivity contribution is 7.99. The number of rotatable bonds is 7. The maximum atomic E-state index is 5.37. The first-order valence-electron chi connectivity index (χ1n) is 7.79. The number of methoxy groups -OCH3 is 1. The van der Waals surface area contributed by atoms with E-state index in [9.17, 15) is 0 Å². The minimum atomic E-state index is 0.766. The molecule has 2 nitrogen and oxygen atoms in total. The van der Waals surface area contributed by atoms with Crippen LogP contribution in [0.15, 0.2) is 29.2 Å². The van der Waals surface area contributed by atoms with Crippen LogP contribution in [-0.4, -0.2) is 25.4 Å². The van der Waals surface area contributed by atoms with Gasteiger partial charge in [0.15, 0.2) is 0 Å². The van der Waals surface area contributed by atoms with Gasteiger partial charge in [0.05, 0.1) is 7.11 Å². The van der Waals surface area contributed by atoms with Crippen LogP contribution in [0.25, 0.3) is 0 Å². The Hall–Kier alpha value is -0.670. The predicted octanol–water partition coefficient (Wildman–Crippen LogP) is 4.35. The molecule has 20 heavy (non-hydrogen) atoms. The van der Waals surface area contributed by atoms with Crippen molar-refractivity contribution >= 4 is 11.8 Å². The zero-order valence-electron chi connectivity index (χ0n) is 12.7. The SMILES string of the molecule is COc1ccccc1SCCCN[C@H]1CC[C@H](C)CC1. The molecule has 0 unspecified atom stereocenters. The Labute approximate surface area is 127 Å². The maximum absolute atomic E-state index is 5.37. The Bertz CT molecular complexity index is 388. The number of hydrogen-bond acceptors (Lipinski definition) is 3. The first-order chi connectivity index (χ1) is 9.79. The number of ether oxygens (including phenoxy) is 1. The van der Waals surface area contributed by atoms with E-state index in [2.05, 4.69) is 24.4 Å². The number of thioether (sulfide) groups is 1. The van der Waals surface area contributed by atoms with Crippen molar-refractivity contribution < 1.29 is 4.74 Å². The van der Waals surface area contributed by atoms with Crippen LogP contribution in [0.4, 0.5) is 0 Å². The first kappa shape index (κ1) is 15.7. The largest absolute Gasteiger partial charge is 0.496 e.